The minimum Gasteiger partial charge on any atom is -0.508 e. The summed E-state index contributed by atoms with van der Waals surface area (Å²) in [6, 6.07) is 13.2. The summed E-state index contributed by atoms with van der Waals surface area (Å²) < 4.78 is 1.67. The Bertz CT molecular complexity index is 912. The molecule has 2 amide bonds. The molecular formula is C19H21N5O3. The van der Waals surface area contributed by atoms with Crippen LogP contribution in [-0.4, -0.2) is 37.6 Å². The van der Waals surface area contributed by atoms with Crippen molar-refractivity contribution in [2.75, 3.05) is 11.9 Å². The van der Waals surface area contributed by atoms with Crippen LogP contribution in [0.3, 0.4) is 0 Å². The topological polar surface area (TPSA) is 112 Å². The van der Waals surface area contributed by atoms with Gasteiger partial charge in [-0.2, -0.15) is 5.10 Å². The van der Waals surface area contributed by atoms with Crippen LogP contribution in [0.1, 0.15) is 18.2 Å². The number of aromatic nitrogens is 3. The Kier molecular flexibility index (Phi) is 5.37. The highest BCUT2D eigenvalue weighted by Gasteiger charge is 2.28. The molecule has 1 unspecified atom stereocenters. The number of phenolic OH excluding ortho intramolecular Hbond substituents is 1. The minimum absolute atomic E-state index is 0.0580. The van der Waals surface area contributed by atoms with Crippen molar-refractivity contribution in [3.8, 4) is 5.75 Å². The molecule has 140 valence electrons. The van der Waals surface area contributed by atoms with Crippen LogP contribution in [0, 0.1) is 0 Å². The molecule has 0 aliphatic heterocycles. The van der Waals surface area contributed by atoms with Crippen LogP contribution >= 0.6 is 0 Å². The maximum Gasteiger partial charge on any atom is 0.321 e. The third-order valence-electron chi connectivity index (χ3n) is 4.12. The fourth-order valence-corrected chi connectivity index (χ4v) is 2.62. The number of carbonyl (C=O) groups is 1. The van der Waals surface area contributed by atoms with Crippen LogP contribution in [-0.2, 0) is 12.1 Å². The van der Waals surface area contributed by atoms with Gasteiger partial charge in [-0.3, -0.25) is 15.0 Å². The van der Waals surface area contributed by atoms with E-state index in [0.29, 0.717) is 17.9 Å². The van der Waals surface area contributed by atoms with Gasteiger partial charge in [-0.05, 0) is 36.8 Å². The number of aromatic hydroxyl groups is 1. The summed E-state index contributed by atoms with van der Waals surface area (Å²) in [4.78, 5) is 16.6. The number of carbonyl (C=O) groups excluding carboxylic acids is 1. The number of hydrogen-bond acceptors (Lipinski definition) is 5. The molecule has 2 heterocycles. The highest BCUT2D eigenvalue weighted by molar-refractivity contribution is 5.88. The lowest BCUT2D eigenvalue weighted by molar-refractivity contribution is 0.176. The summed E-state index contributed by atoms with van der Waals surface area (Å²) in [6.07, 6.45) is 3.45. The van der Waals surface area contributed by atoms with Gasteiger partial charge in [-0.15, -0.1) is 0 Å². The largest absolute Gasteiger partial charge is 0.508 e. The molecule has 4 N–H and O–H groups in total. The highest BCUT2D eigenvalue weighted by atomic mass is 16.3. The summed E-state index contributed by atoms with van der Waals surface area (Å²) in [5.41, 5.74) is 0.383. The van der Waals surface area contributed by atoms with Crippen molar-refractivity contribution < 1.29 is 15.0 Å². The Labute approximate surface area is 156 Å². The number of anilines is 1. The number of phenols is 1. The van der Waals surface area contributed by atoms with Crippen LogP contribution in [0.2, 0.25) is 0 Å². The molecule has 8 nitrogen and oxygen atoms in total. The molecule has 27 heavy (non-hydrogen) atoms. The van der Waals surface area contributed by atoms with Gasteiger partial charge < -0.3 is 15.5 Å². The molecule has 0 spiro atoms. The first-order chi connectivity index (χ1) is 13.0. The van der Waals surface area contributed by atoms with E-state index in [0.717, 1.165) is 5.69 Å². The van der Waals surface area contributed by atoms with Gasteiger partial charge in [0.15, 0.2) is 5.82 Å². The lowest BCUT2D eigenvalue weighted by Gasteiger charge is -2.29. The number of pyridine rings is 1. The first-order valence-corrected chi connectivity index (χ1v) is 8.41. The summed E-state index contributed by atoms with van der Waals surface area (Å²) in [6.45, 7) is 1.82. The van der Waals surface area contributed by atoms with Crippen LogP contribution < -0.4 is 10.6 Å². The molecule has 0 bridgehead atoms. The number of urea groups is 1. The summed E-state index contributed by atoms with van der Waals surface area (Å²) in [5, 5.41) is 29.1. The number of aliphatic hydroxyl groups excluding tert-OH is 1. The lowest BCUT2D eigenvalue weighted by atomic mass is 9.93. The van der Waals surface area contributed by atoms with Gasteiger partial charge in [0.2, 0.25) is 0 Å². The van der Waals surface area contributed by atoms with E-state index in [1.807, 2.05) is 18.2 Å². The van der Waals surface area contributed by atoms with E-state index in [1.165, 1.54) is 12.1 Å². The fraction of sp³-hybridized carbons (Fsp3) is 0.211. The van der Waals surface area contributed by atoms with E-state index in [1.54, 1.807) is 42.2 Å². The van der Waals surface area contributed by atoms with Gasteiger partial charge in [0, 0.05) is 18.5 Å². The van der Waals surface area contributed by atoms with Gasteiger partial charge in [-0.1, -0.05) is 18.2 Å². The zero-order valence-corrected chi connectivity index (χ0v) is 14.8. The fourth-order valence-electron chi connectivity index (χ4n) is 2.62. The number of nitrogens with one attached hydrogen (secondary N) is 2. The first-order valence-electron chi connectivity index (χ1n) is 8.41. The summed E-state index contributed by atoms with van der Waals surface area (Å²) in [5.74, 6) is 0.433. The maximum atomic E-state index is 12.4. The molecule has 0 saturated carbocycles. The zero-order valence-electron chi connectivity index (χ0n) is 14.8. The maximum absolute atomic E-state index is 12.4. The predicted molar refractivity (Wildman–Crippen MR) is 100 cm³/mol. The number of benzene rings is 1. The average molecular weight is 367 g/mol. The Morgan fingerprint density at radius 1 is 1.22 bits per heavy atom. The number of amides is 2. The molecule has 0 aliphatic rings. The van der Waals surface area contributed by atoms with Crippen molar-refractivity contribution in [1.82, 2.24) is 20.1 Å². The molecule has 1 aromatic carbocycles. The second kappa shape index (κ2) is 7.88. The lowest BCUT2D eigenvalue weighted by Crippen LogP contribution is -2.48. The number of hydrogen-bond donors (Lipinski definition) is 4. The van der Waals surface area contributed by atoms with Crippen molar-refractivity contribution >= 4 is 11.8 Å². The third-order valence-corrected chi connectivity index (χ3v) is 4.12. The van der Waals surface area contributed by atoms with E-state index in [2.05, 4.69) is 20.7 Å². The van der Waals surface area contributed by atoms with Crippen LogP contribution in [0.15, 0.2) is 60.9 Å². The molecule has 3 aromatic rings. The molecule has 0 saturated heterocycles. The van der Waals surface area contributed by atoms with E-state index < -0.39 is 11.6 Å². The highest BCUT2D eigenvalue weighted by Crippen LogP contribution is 2.23. The monoisotopic (exact) mass is 367 g/mol. The van der Waals surface area contributed by atoms with Gasteiger partial charge >= 0.3 is 6.03 Å². The molecule has 3 rings (SSSR count). The smallest absolute Gasteiger partial charge is 0.321 e. The third kappa shape index (κ3) is 4.62. The normalized spacial score (nSPS) is 13.0. The molecule has 0 fully saturated rings. The van der Waals surface area contributed by atoms with Crippen LogP contribution in [0.5, 0.6) is 5.75 Å². The second-order valence-corrected chi connectivity index (χ2v) is 6.34. The quantitative estimate of drug-likeness (QED) is 0.533. The number of rotatable bonds is 6. The van der Waals surface area contributed by atoms with E-state index in [9.17, 15) is 15.0 Å². The number of aliphatic hydroxyl groups is 1. The Morgan fingerprint density at radius 3 is 2.78 bits per heavy atom. The van der Waals surface area contributed by atoms with Crippen LogP contribution in [0.25, 0.3) is 0 Å². The standard InChI is InChI=1S/C19H21N5O3/c1-19(13-25,14-5-4-7-16(26)11-14)22-18(27)21-17-8-10-24(23-17)12-15-6-2-3-9-20-15/h2-11,25-26H,12-13H2,1H3,(H2,21,22,23,27). The molecule has 0 radical (unpaired) electrons. The first kappa shape index (κ1) is 18.4. The predicted octanol–water partition coefficient (Wildman–Crippen LogP) is 2.06. The molecule has 8 heteroatoms. The van der Waals surface area contributed by atoms with E-state index in [4.69, 9.17) is 0 Å². The van der Waals surface area contributed by atoms with Gasteiger partial charge in [0.05, 0.1) is 24.4 Å². The summed E-state index contributed by atoms with van der Waals surface area (Å²) >= 11 is 0. The van der Waals surface area contributed by atoms with Gasteiger partial charge in [0.1, 0.15) is 5.75 Å². The molecule has 0 aliphatic carbocycles. The van der Waals surface area contributed by atoms with Crippen molar-refractivity contribution in [2.45, 2.75) is 19.0 Å². The van der Waals surface area contributed by atoms with Gasteiger partial charge in [-0.25, -0.2) is 4.79 Å². The Hall–Kier alpha value is -3.39. The molecule has 1 atom stereocenters. The van der Waals surface area contributed by atoms with Crippen molar-refractivity contribution in [3.05, 3.63) is 72.2 Å². The van der Waals surface area contributed by atoms with Crippen LogP contribution in [0.4, 0.5) is 10.6 Å². The summed E-state index contributed by atoms with van der Waals surface area (Å²) in [7, 11) is 0. The molecular weight excluding hydrogens is 346 g/mol. The molecule has 2 aromatic heterocycles. The van der Waals surface area contributed by atoms with Crippen molar-refractivity contribution in [3.63, 3.8) is 0 Å². The minimum atomic E-state index is -1.06. The number of nitrogens with zero attached hydrogens (tertiary/aromatic N) is 3. The van der Waals surface area contributed by atoms with E-state index >= 15 is 0 Å². The Morgan fingerprint density at radius 2 is 2.07 bits per heavy atom. The average Bonchev–Trinajstić information content (AvgIpc) is 3.09. The second-order valence-electron chi connectivity index (χ2n) is 6.34. The van der Waals surface area contributed by atoms with Crippen molar-refractivity contribution in [2.24, 2.45) is 0 Å². The Balaban J connectivity index is 1.65. The SMILES string of the molecule is CC(CO)(NC(=O)Nc1ccn(Cc2ccccn2)n1)c1cccc(O)c1. The zero-order chi connectivity index (χ0) is 19.3. The van der Waals surface area contributed by atoms with Crippen molar-refractivity contribution in [1.29, 1.82) is 0 Å². The van der Waals surface area contributed by atoms with E-state index in [-0.39, 0.29) is 12.4 Å². The van der Waals surface area contributed by atoms with Gasteiger partial charge in [0.25, 0.3) is 0 Å².